The molecule has 126 valence electrons. The van der Waals surface area contributed by atoms with E-state index >= 15 is 0 Å². The first-order chi connectivity index (χ1) is 10.6. The Morgan fingerprint density at radius 1 is 1.30 bits per heavy atom. The van der Waals surface area contributed by atoms with Crippen molar-refractivity contribution < 1.29 is 9.13 Å². The van der Waals surface area contributed by atoms with Gasteiger partial charge < -0.3 is 10.5 Å². The van der Waals surface area contributed by atoms with Crippen molar-refractivity contribution in [3.8, 4) is 5.69 Å². The highest BCUT2D eigenvalue weighted by Gasteiger charge is 2.32. The van der Waals surface area contributed by atoms with E-state index in [0.29, 0.717) is 11.5 Å². The second-order valence-corrected chi connectivity index (χ2v) is 5.83. The van der Waals surface area contributed by atoms with Crippen LogP contribution < -0.4 is 5.73 Å². The van der Waals surface area contributed by atoms with Crippen LogP contribution in [-0.4, -0.2) is 34.0 Å². The molecule has 3 rings (SSSR count). The molecule has 0 unspecified atom stereocenters. The van der Waals surface area contributed by atoms with E-state index in [1.165, 1.54) is 6.07 Å². The first-order valence-corrected chi connectivity index (χ1v) is 7.57. The summed E-state index contributed by atoms with van der Waals surface area (Å²) in [4.78, 5) is 4.53. The van der Waals surface area contributed by atoms with Gasteiger partial charge in [-0.15, -0.1) is 12.4 Å². The Morgan fingerprint density at radius 3 is 2.74 bits per heavy atom. The van der Waals surface area contributed by atoms with E-state index < -0.39 is 0 Å². The number of methoxy groups -OCH3 is 1. The quantitative estimate of drug-likeness (QED) is 0.933. The molecular formula is C16H22ClFN4O. The summed E-state index contributed by atoms with van der Waals surface area (Å²) >= 11 is 0. The van der Waals surface area contributed by atoms with Gasteiger partial charge in [0.2, 0.25) is 0 Å². The summed E-state index contributed by atoms with van der Waals surface area (Å²) in [7, 11) is 1.68. The number of ether oxygens (including phenoxy) is 1. The number of para-hydroxylation sites is 1. The molecule has 2 aromatic rings. The largest absolute Gasteiger partial charge is 0.380 e. The Balaban J connectivity index is 0.00000192. The van der Waals surface area contributed by atoms with Crippen molar-refractivity contribution in [3.63, 3.8) is 0 Å². The molecule has 0 aliphatic heterocycles. The van der Waals surface area contributed by atoms with Gasteiger partial charge in [0.1, 0.15) is 23.2 Å². The van der Waals surface area contributed by atoms with Crippen LogP contribution in [0.3, 0.4) is 0 Å². The van der Waals surface area contributed by atoms with Gasteiger partial charge in [0.25, 0.3) is 0 Å². The molecule has 23 heavy (non-hydrogen) atoms. The van der Waals surface area contributed by atoms with E-state index in [9.17, 15) is 4.39 Å². The van der Waals surface area contributed by atoms with Crippen LogP contribution >= 0.6 is 12.4 Å². The number of nitrogens with two attached hydrogens (primary N) is 1. The minimum absolute atomic E-state index is 0. The third-order valence-corrected chi connectivity index (χ3v) is 4.33. The number of hydrogen-bond donors (Lipinski definition) is 1. The Labute approximate surface area is 141 Å². The zero-order valence-corrected chi connectivity index (χ0v) is 14.1. The molecular weight excluding hydrogens is 319 g/mol. The maximum atomic E-state index is 14.1. The molecule has 0 amide bonds. The average molecular weight is 341 g/mol. The van der Waals surface area contributed by atoms with Gasteiger partial charge in [-0.2, -0.15) is 5.10 Å². The third-order valence-electron chi connectivity index (χ3n) is 4.33. The summed E-state index contributed by atoms with van der Waals surface area (Å²) in [5.74, 6) is 1.30. The van der Waals surface area contributed by atoms with Crippen molar-refractivity contribution in [2.45, 2.75) is 44.2 Å². The molecule has 1 aromatic carbocycles. The topological polar surface area (TPSA) is 66.0 Å². The van der Waals surface area contributed by atoms with Gasteiger partial charge in [-0.1, -0.05) is 12.1 Å². The summed E-state index contributed by atoms with van der Waals surface area (Å²) < 4.78 is 21.2. The molecule has 0 saturated heterocycles. The van der Waals surface area contributed by atoms with Crippen molar-refractivity contribution in [1.29, 1.82) is 0 Å². The number of rotatable bonds is 3. The van der Waals surface area contributed by atoms with Gasteiger partial charge in [0.05, 0.1) is 6.10 Å². The Morgan fingerprint density at radius 2 is 2.04 bits per heavy atom. The number of halogens is 2. The first-order valence-electron chi connectivity index (χ1n) is 7.57. The minimum Gasteiger partial charge on any atom is -0.380 e. The zero-order chi connectivity index (χ0) is 15.7. The number of aromatic nitrogens is 3. The number of nitrogens with zero attached hydrogens (tertiary/aromatic N) is 3. The molecule has 7 heteroatoms. The molecule has 1 fully saturated rings. The predicted molar refractivity (Wildman–Crippen MR) is 88.7 cm³/mol. The van der Waals surface area contributed by atoms with Gasteiger partial charge in [-0.3, -0.25) is 0 Å². The highest BCUT2D eigenvalue weighted by molar-refractivity contribution is 5.85. The second-order valence-electron chi connectivity index (χ2n) is 5.83. The van der Waals surface area contributed by atoms with Gasteiger partial charge in [-0.25, -0.2) is 14.1 Å². The van der Waals surface area contributed by atoms with Crippen LogP contribution in [0.2, 0.25) is 0 Å². The highest BCUT2D eigenvalue weighted by atomic mass is 35.5. The predicted octanol–water partition coefficient (Wildman–Crippen LogP) is 2.75. The van der Waals surface area contributed by atoms with Gasteiger partial charge in [0.15, 0.2) is 0 Å². The lowest BCUT2D eigenvalue weighted by Crippen LogP contribution is -2.41. The van der Waals surface area contributed by atoms with Crippen molar-refractivity contribution >= 4 is 12.4 Å². The number of benzene rings is 1. The van der Waals surface area contributed by atoms with E-state index in [1.807, 2.05) is 6.92 Å². The molecule has 1 aliphatic rings. The standard InChI is InChI=1S/C16H21FN4O.ClH/c1-10-19-16(11-7-8-13(18)15(9-11)22-2)21(20-10)14-6-4-3-5-12(14)17;/h3-6,11,13,15H,7-9,18H2,1-2H3;1H/t11-,13+,15+;/m0./s1. The molecule has 1 aromatic heterocycles. The van der Waals surface area contributed by atoms with Crippen molar-refractivity contribution in [2.75, 3.05) is 7.11 Å². The normalized spacial score (nSPS) is 24.3. The van der Waals surface area contributed by atoms with Gasteiger partial charge in [-0.05, 0) is 38.3 Å². The summed E-state index contributed by atoms with van der Waals surface area (Å²) in [6, 6.07) is 6.67. The highest BCUT2D eigenvalue weighted by Crippen LogP contribution is 2.34. The molecule has 3 atom stereocenters. The Bertz CT molecular complexity index is 663. The van der Waals surface area contributed by atoms with Crippen molar-refractivity contribution in [2.24, 2.45) is 5.73 Å². The lowest BCUT2D eigenvalue weighted by atomic mass is 9.83. The van der Waals surface area contributed by atoms with Crippen LogP contribution in [0.25, 0.3) is 5.69 Å². The zero-order valence-electron chi connectivity index (χ0n) is 13.3. The third kappa shape index (κ3) is 3.54. The van der Waals surface area contributed by atoms with Crippen molar-refractivity contribution in [1.82, 2.24) is 14.8 Å². The molecule has 1 aliphatic carbocycles. The van der Waals surface area contributed by atoms with Crippen LogP contribution in [0.5, 0.6) is 0 Å². The molecule has 1 saturated carbocycles. The van der Waals surface area contributed by atoms with Crippen LogP contribution in [0.15, 0.2) is 24.3 Å². The minimum atomic E-state index is -0.301. The fraction of sp³-hybridized carbons (Fsp3) is 0.500. The lowest BCUT2D eigenvalue weighted by molar-refractivity contribution is 0.0459. The molecule has 0 bridgehead atoms. The maximum Gasteiger partial charge on any atom is 0.148 e. The number of aryl methyl sites for hydroxylation is 1. The smallest absolute Gasteiger partial charge is 0.148 e. The maximum absolute atomic E-state index is 14.1. The Kier molecular flexibility index (Phi) is 5.73. The van der Waals surface area contributed by atoms with Crippen LogP contribution in [-0.2, 0) is 4.74 Å². The van der Waals surface area contributed by atoms with E-state index in [0.717, 1.165) is 25.1 Å². The monoisotopic (exact) mass is 340 g/mol. The number of hydrogen-bond acceptors (Lipinski definition) is 4. The first kappa shape index (κ1) is 17.8. The summed E-state index contributed by atoms with van der Waals surface area (Å²) in [6.07, 6.45) is 2.56. The summed E-state index contributed by atoms with van der Waals surface area (Å²) in [6.45, 7) is 1.82. The van der Waals surface area contributed by atoms with E-state index in [4.69, 9.17) is 10.5 Å². The van der Waals surface area contributed by atoms with Gasteiger partial charge in [0, 0.05) is 19.1 Å². The fourth-order valence-electron chi connectivity index (χ4n) is 3.15. The van der Waals surface area contributed by atoms with Gasteiger partial charge >= 0.3 is 0 Å². The molecule has 2 N–H and O–H groups in total. The van der Waals surface area contributed by atoms with Crippen LogP contribution in [0.1, 0.15) is 36.8 Å². The average Bonchev–Trinajstić information content (AvgIpc) is 2.90. The summed E-state index contributed by atoms with van der Waals surface area (Å²) in [5.41, 5.74) is 6.51. The van der Waals surface area contributed by atoms with E-state index in [-0.39, 0.29) is 36.3 Å². The SMILES string of the molecule is CO[C@@H]1C[C@@H](c2nc(C)nn2-c2ccccc2F)CC[C@H]1N.Cl. The van der Waals surface area contributed by atoms with Crippen LogP contribution in [0.4, 0.5) is 4.39 Å². The van der Waals surface area contributed by atoms with Crippen LogP contribution in [0, 0.1) is 12.7 Å². The lowest BCUT2D eigenvalue weighted by Gasteiger charge is -2.32. The van der Waals surface area contributed by atoms with E-state index in [1.54, 1.807) is 30.0 Å². The van der Waals surface area contributed by atoms with Crippen molar-refractivity contribution in [3.05, 3.63) is 41.7 Å². The second kappa shape index (κ2) is 7.38. The molecule has 0 spiro atoms. The Hall–Kier alpha value is -1.50. The fourth-order valence-corrected chi connectivity index (χ4v) is 3.15. The van der Waals surface area contributed by atoms with E-state index in [2.05, 4.69) is 10.1 Å². The molecule has 0 radical (unpaired) electrons. The molecule has 5 nitrogen and oxygen atoms in total. The summed E-state index contributed by atoms with van der Waals surface area (Å²) in [5, 5.41) is 4.38. The molecule has 1 heterocycles.